The molecule has 0 bridgehead atoms. The summed E-state index contributed by atoms with van der Waals surface area (Å²) in [5.41, 5.74) is 0. The fraction of sp³-hybridized carbons (Fsp3) is 0.909. The van der Waals surface area contributed by atoms with Crippen LogP contribution in [0.1, 0.15) is 65.7 Å². The summed E-state index contributed by atoms with van der Waals surface area (Å²) in [4.78, 5) is 37.0. The number of aliphatic hydroxyl groups is 9. The fourth-order valence-electron chi connectivity index (χ4n) is 6.66. The fourth-order valence-corrected chi connectivity index (χ4v) is 6.66. The van der Waals surface area contributed by atoms with Crippen LogP contribution in [-0.2, 0) is 42.8 Å². The lowest BCUT2D eigenvalue weighted by atomic mass is 9.88. The van der Waals surface area contributed by atoms with Gasteiger partial charge < -0.3 is 90.1 Å². The zero-order chi connectivity index (χ0) is 40.3. The first-order valence-electron chi connectivity index (χ1n) is 18.2. The van der Waals surface area contributed by atoms with Crippen LogP contribution in [0.2, 0.25) is 0 Å². The van der Waals surface area contributed by atoms with Crippen molar-refractivity contribution in [3.8, 4) is 0 Å². The van der Waals surface area contributed by atoms with Crippen LogP contribution in [0, 0.1) is 0 Å². The van der Waals surface area contributed by atoms with Gasteiger partial charge in [-0.25, -0.2) is 4.79 Å². The number of carbonyl (C=O) groups is 3. The molecule has 0 aromatic heterocycles. The number of ether oxygens (including phenoxy) is 6. The summed E-state index contributed by atoms with van der Waals surface area (Å²) in [7, 11) is 0. The van der Waals surface area contributed by atoms with Gasteiger partial charge in [0, 0.05) is 26.9 Å². The Hall–Kier alpha value is -2.19. The lowest BCUT2D eigenvalue weighted by Crippen LogP contribution is -2.69. The summed E-state index contributed by atoms with van der Waals surface area (Å²) in [5, 5.41) is 109. The molecule has 0 spiro atoms. The zero-order valence-corrected chi connectivity index (χ0v) is 30.6. The Morgan fingerprint density at radius 2 is 1.43 bits per heavy atom. The monoisotopic (exact) mass is 786 g/mol. The standard InChI is InChI=1S/C33H58N2O19/c1-4-5-6-7-8-9-10-49-30-22(35-16(3)39)28(53-31-27(46)26(45)24(43)19(13-37)51-31)25(44)20(52-30)14-50-33(32(47)48)11-17(40)21(34-15(2)38)29(54-33)23(42)18(41)12-36/h17-31,36-37,40-46H,4-14H2,1-3H3,(H,34,38)(H,35,39)(H,47,48)/t17-,18+,19+,20+,21+,22+,23+,24-,25-,26-,27+,28+,29+,30-,31-,33+/m0/s1. The van der Waals surface area contributed by atoms with Crippen molar-refractivity contribution in [2.45, 2.75) is 163 Å². The molecule has 3 saturated heterocycles. The molecule has 16 atom stereocenters. The van der Waals surface area contributed by atoms with Gasteiger partial charge in [-0.1, -0.05) is 39.0 Å². The van der Waals surface area contributed by atoms with Crippen LogP contribution in [0.15, 0.2) is 0 Å². The van der Waals surface area contributed by atoms with E-state index in [0.29, 0.717) is 6.42 Å². The first-order chi connectivity index (χ1) is 25.5. The van der Waals surface area contributed by atoms with E-state index in [1.54, 1.807) is 0 Å². The van der Waals surface area contributed by atoms with Crippen LogP contribution in [0.5, 0.6) is 0 Å². The molecule has 0 unspecified atom stereocenters. The van der Waals surface area contributed by atoms with Gasteiger partial charge >= 0.3 is 5.97 Å². The summed E-state index contributed by atoms with van der Waals surface area (Å²) in [6, 6.07) is -2.80. The first kappa shape index (κ1) is 46.2. The third-order valence-corrected chi connectivity index (χ3v) is 9.63. The minimum absolute atomic E-state index is 0.0922. The van der Waals surface area contributed by atoms with Crippen LogP contribution in [0.3, 0.4) is 0 Å². The highest BCUT2D eigenvalue weighted by Gasteiger charge is 2.57. The molecule has 0 saturated carbocycles. The normalized spacial score (nSPS) is 38.3. The number of carbonyl (C=O) groups excluding carboxylic acids is 2. The average Bonchev–Trinajstić information content (AvgIpc) is 3.12. The van der Waals surface area contributed by atoms with Crippen molar-refractivity contribution in [1.29, 1.82) is 0 Å². The topological polar surface area (TPSA) is 333 Å². The van der Waals surface area contributed by atoms with E-state index < -0.39 is 142 Å². The quantitative estimate of drug-likeness (QED) is 0.0516. The van der Waals surface area contributed by atoms with E-state index in [4.69, 9.17) is 28.4 Å². The van der Waals surface area contributed by atoms with Crippen LogP contribution < -0.4 is 10.6 Å². The molecule has 0 radical (unpaired) electrons. The molecule has 3 aliphatic rings. The number of nitrogens with one attached hydrogen (secondary N) is 2. The van der Waals surface area contributed by atoms with E-state index in [2.05, 4.69) is 17.6 Å². The van der Waals surface area contributed by atoms with Crippen molar-refractivity contribution in [3.05, 3.63) is 0 Å². The smallest absolute Gasteiger partial charge is 0.364 e. The van der Waals surface area contributed by atoms with E-state index >= 15 is 0 Å². The molecule has 3 aliphatic heterocycles. The molecule has 0 aromatic rings. The van der Waals surface area contributed by atoms with Gasteiger partial charge in [-0.2, -0.15) is 0 Å². The second-order valence-electron chi connectivity index (χ2n) is 13.9. The second-order valence-corrected chi connectivity index (χ2v) is 13.9. The molecule has 21 heteroatoms. The van der Waals surface area contributed by atoms with Gasteiger partial charge in [0.15, 0.2) is 12.6 Å². The van der Waals surface area contributed by atoms with Crippen molar-refractivity contribution in [2.24, 2.45) is 0 Å². The summed E-state index contributed by atoms with van der Waals surface area (Å²) >= 11 is 0. The number of hydrogen-bond acceptors (Lipinski definition) is 18. The van der Waals surface area contributed by atoms with Gasteiger partial charge in [-0.3, -0.25) is 9.59 Å². The Morgan fingerprint density at radius 3 is 2.02 bits per heavy atom. The van der Waals surface area contributed by atoms with Crippen molar-refractivity contribution in [1.82, 2.24) is 10.6 Å². The number of amides is 2. The summed E-state index contributed by atoms with van der Waals surface area (Å²) in [6.07, 6.45) is -18.3. The van der Waals surface area contributed by atoms with Gasteiger partial charge in [-0.15, -0.1) is 0 Å². The van der Waals surface area contributed by atoms with Gasteiger partial charge in [0.25, 0.3) is 5.79 Å². The second kappa shape index (κ2) is 21.4. The third kappa shape index (κ3) is 11.7. The molecule has 0 aliphatic carbocycles. The van der Waals surface area contributed by atoms with Crippen LogP contribution in [-0.4, -0.2) is 193 Å². The van der Waals surface area contributed by atoms with E-state index in [9.17, 15) is 65.4 Å². The number of rotatable bonds is 20. The number of aliphatic hydroxyl groups excluding tert-OH is 9. The molecule has 3 rings (SSSR count). The zero-order valence-electron chi connectivity index (χ0n) is 30.6. The minimum atomic E-state index is -2.81. The maximum Gasteiger partial charge on any atom is 0.364 e. The van der Waals surface area contributed by atoms with Crippen LogP contribution >= 0.6 is 0 Å². The number of unbranched alkanes of at least 4 members (excludes halogenated alkanes) is 5. The highest BCUT2D eigenvalue weighted by atomic mass is 16.8. The molecule has 3 fully saturated rings. The molecule has 0 aromatic carbocycles. The average molecular weight is 787 g/mol. The van der Waals surface area contributed by atoms with Crippen molar-refractivity contribution in [2.75, 3.05) is 26.4 Å². The van der Waals surface area contributed by atoms with Crippen molar-refractivity contribution >= 4 is 17.8 Å². The molecule has 12 N–H and O–H groups in total. The van der Waals surface area contributed by atoms with E-state index in [-0.39, 0.29) is 6.61 Å². The first-order valence-corrected chi connectivity index (χ1v) is 18.2. The molecular weight excluding hydrogens is 728 g/mol. The van der Waals surface area contributed by atoms with E-state index in [0.717, 1.165) is 46.0 Å². The summed E-state index contributed by atoms with van der Waals surface area (Å²) in [5.74, 6) is -5.97. The number of carboxylic acid groups (broad SMARTS) is 1. The summed E-state index contributed by atoms with van der Waals surface area (Å²) in [6.45, 7) is 1.75. The largest absolute Gasteiger partial charge is 0.477 e. The molecule has 3 heterocycles. The maximum absolute atomic E-state index is 12.7. The Kier molecular flexibility index (Phi) is 18.3. The number of carboxylic acids is 1. The Labute approximate surface area is 312 Å². The predicted octanol–water partition coefficient (Wildman–Crippen LogP) is -4.69. The lowest BCUT2D eigenvalue weighted by Gasteiger charge is -2.49. The molecular formula is C33H58N2O19. The molecule has 21 nitrogen and oxygen atoms in total. The maximum atomic E-state index is 12.7. The van der Waals surface area contributed by atoms with E-state index in [1.165, 1.54) is 0 Å². The van der Waals surface area contributed by atoms with Gasteiger partial charge in [-0.05, 0) is 6.42 Å². The highest BCUT2D eigenvalue weighted by molar-refractivity contribution is 5.76. The number of aliphatic carboxylic acids is 1. The minimum Gasteiger partial charge on any atom is -0.477 e. The highest BCUT2D eigenvalue weighted by Crippen LogP contribution is 2.36. The molecule has 2 amide bonds. The predicted molar refractivity (Wildman–Crippen MR) is 179 cm³/mol. The van der Waals surface area contributed by atoms with Crippen LogP contribution in [0.4, 0.5) is 0 Å². The van der Waals surface area contributed by atoms with Crippen molar-refractivity contribution < 1.29 is 93.9 Å². The van der Waals surface area contributed by atoms with Gasteiger partial charge in [0.1, 0.15) is 67.1 Å². The third-order valence-electron chi connectivity index (χ3n) is 9.63. The Bertz CT molecular complexity index is 1180. The Balaban J connectivity index is 1.94. The van der Waals surface area contributed by atoms with Crippen molar-refractivity contribution in [3.63, 3.8) is 0 Å². The number of hydrogen-bond donors (Lipinski definition) is 12. The lowest BCUT2D eigenvalue weighted by molar-refractivity contribution is -0.354. The van der Waals surface area contributed by atoms with E-state index in [1.807, 2.05) is 0 Å². The van der Waals surface area contributed by atoms with Gasteiger partial charge in [0.05, 0.1) is 32.0 Å². The molecule has 314 valence electrons. The van der Waals surface area contributed by atoms with Crippen LogP contribution in [0.25, 0.3) is 0 Å². The Morgan fingerprint density at radius 1 is 0.815 bits per heavy atom. The SMILES string of the molecule is CCCCCCCCO[C@H]1O[C@H](CO[C@]2(C(=O)O)C[C@H](O)[C@@H](NC(C)=O)[C@H]([C@H](O)[C@H](O)CO)O2)[C@H](O)[C@H](O[C@@H]2O[C@H](CO)[C@H](O)[C@H](O)[C@H]2O)[C@H]1NC(C)=O. The van der Waals surface area contributed by atoms with Gasteiger partial charge in [0.2, 0.25) is 11.8 Å². The molecule has 54 heavy (non-hydrogen) atoms. The summed E-state index contributed by atoms with van der Waals surface area (Å²) < 4.78 is 34.8.